The first-order valence-corrected chi connectivity index (χ1v) is 33.2. The molecule has 0 unspecified atom stereocenters. The molecule has 10 atom stereocenters. The largest absolute Gasteiger partial charge is 0.467 e. The molecule has 0 radical (unpaired) electrons. The minimum Gasteiger partial charge on any atom is -0.467 e. The molecule has 0 aromatic heterocycles. The summed E-state index contributed by atoms with van der Waals surface area (Å²) in [6, 6.07) is 77.8. The predicted octanol–water partition coefficient (Wildman–Crippen LogP) is 10.6. The second kappa shape index (κ2) is 32.1. The van der Waals surface area contributed by atoms with Crippen LogP contribution < -0.4 is 16.4 Å². The molecule has 8 aromatic rings. The third kappa shape index (κ3) is 16.5. The van der Waals surface area contributed by atoms with Crippen molar-refractivity contribution in [3.8, 4) is 0 Å². The maximum atomic E-state index is 14.0. The third-order valence-electron chi connectivity index (χ3n) is 19.4. The van der Waals surface area contributed by atoms with Crippen LogP contribution in [0.1, 0.15) is 106 Å². The lowest BCUT2D eigenvalue weighted by Gasteiger charge is -2.28. The van der Waals surface area contributed by atoms with Crippen LogP contribution in [0.25, 0.3) is 0 Å². The van der Waals surface area contributed by atoms with Gasteiger partial charge in [-0.25, -0.2) is 14.4 Å². The van der Waals surface area contributed by atoms with E-state index in [0.717, 1.165) is 46.5 Å². The highest BCUT2D eigenvalue weighted by atomic mass is 16.5. The van der Waals surface area contributed by atoms with E-state index >= 15 is 0 Å². The van der Waals surface area contributed by atoms with Crippen LogP contribution in [0.3, 0.4) is 0 Å². The number of nitrogens with two attached hydrogens (primary N) is 1. The van der Waals surface area contributed by atoms with Gasteiger partial charge >= 0.3 is 17.9 Å². The zero-order valence-electron chi connectivity index (χ0n) is 54.3. The van der Waals surface area contributed by atoms with Gasteiger partial charge in [0.1, 0.15) is 18.1 Å². The van der Waals surface area contributed by atoms with E-state index in [1.807, 2.05) is 194 Å². The second-order valence-electron chi connectivity index (χ2n) is 25.6. The molecule has 2 aliphatic carbocycles. The van der Waals surface area contributed by atoms with E-state index in [1.165, 1.54) is 45.3 Å². The smallest absolute Gasteiger partial charge is 0.328 e. The molecule has 3 aliphatic heterocycles. The zero-order valence-corrected chi connectivity index (χ0v) is 54.3. The minimum absolute atomic E-state index is 0.0596. The van der Waals surface area contributed by atoms with E-state index in [0.29, 0.717) is 62.6 Å². The van der Waals surface area contributed by atoms with E-state index in [1.54, 1.807) is 14.7 Å². The molecule has 95 heavy (non-hydrogen) atoms. The fourth-order valence-corrected chi connectivity index (χ4v) is 14.2. The lowest BCUT2D eigenvalue weighted by atomic mass is 9.90. The molecule has 0 spiro atoms. The quantitative estimate of drug-likeness (QED) is 0.0484. The molecular formula is C80H86N6O9. The summed E-state index contributed by atoms with van der Waals surface area (Å²) < 4.78 is 15.1. The van der Waals surface area contributed by atoms with Gasteiger partial charge in [-0.05, 0) is 113 Å². The maximum absolute atomic E-state index is 14.0. The van der Waals surface area contributed by atoms with Gasteiger partial charge in [0.2, 0.25) is 17.7 Å². The van der Waals surface area contributed by atoms with Crippen LogP contribution in [0, 0.1) is 11.8 Å². The number of carbonyl (C=O) groups is 6. The molecule has 490 valence electrons. The van der Waals surface area contributed by atoms with E-state index in [4.69, 9.17) is 19.9 Å². The molecule has 8 aromatic carbocycles. The molecule has 5 fully saturated rings. The van der Waals surface area contributed by atoms with Gasteiger partial charge in [-0.2, -0.15) is 0 Å². The van der Waals surface area contributed by atoms with Gasteiger partial charge in [-0.3, -0.25) is 14.4 Å². The Morgan fingerprint density at radius 2 is 0.600 bits per heavy atom. The Balaban J connectivity index is 0.000000147. The van der Waals surface area contributed by atoms with Crippen molar-refractivity contribution in [2.24, 2.45) is 17.6 Å². The summed E-state index contributed by atoms with van der Waals surface area (Å²) in [6.45, 7) is 3.13. The van der Waals surface area contributed by atoms with Crippen molar-refractivity contribution in [3.63, 3.8) is 0 Å². The molecule has 2 saturated carbocycles. The van der Waals surface area contributed by atoms with E-state index in [2.05, 4.69) is 59.2 Å². The Morgan fingerprint density at radius 1 is 0.358 bits per heavy atom. The van der Waals surface area contributed by atoms with Crippen LogP contribution in [-0.4, -0.2) is 141 Å². The Hall–Kier alpha value is -9.54. The van der Waals surface area contributed by atoms with E-state index in [9.17, 15) is 28.8 Å². The van der Waals surface area contributed by atoms with Crippen molar-refractivity contribution in [2.45, 2.75) is 97.9 Å². The monoisotopic (exact) mass is 1270 g/mol. The van der Waals surface area contributed by atoms with Crippen molar-refractivity contribution in [1.82, 2.24) is 25.3 Å². The molecule has 4 N–H and O–H groups in total. The first kappa shape index (κ1) is 66.9. The van der Waals surface area contributed by atoms with Crippen LogP contribution in [0.15, 0.2) is 243 Å². The number of nitrogens with zero attached hydrogens (tertiary/aromatic N) is 3. The highest BCUT2D eigenvalue weighted by molar-refractivity contribution is 5.94. The predicted molar refractivity (Wildman–Crippen MR) is 367 cm³/mol. The third-order valence-corrected chi connectivity index (χ3v) is 19.4. The van der Waals surface area contributed by atoms with E-state index in [-0.39, 0.29) is 47.8 Å². The standard InChI is InChI=1S/2C30H32N2O3.C20H22N2O3/c2*1-35-30(34)27-18-25(31-19-24-17-26(24)21-11-5-2-6-12-21)20-32(27)29(33)28(22-13-7-3-8-14-22)23-15-9-4-10-16-23;1-25-20(24)17-12-16(21)13-22(17)19(23)18(14-8-4-2-5-9-14)15-10-6-3-7-11-15/h2*2-16,24-28,31H,17-20H2,1H3;2-11,16-18H,12-13,21H2,1H3/t24-,25+,26-,27+;24-,25-,26-,27-;16-,17-/m100/s1. The van der Waals surface area contributed by atoms with Gasteiger partial charge in [0.05, 0.1) is 39.1 Å². The highest BCUT2D eigenvalue weighted by Crippen LogP contribution is 2.48. The van der Waals surface area contributed by atoms with Gasteiger partial charge in [-0.1, -0.05) is 243 Å². The summed E-state index contributed by atoms with van der Waals surface area (Å²) in [5, 5.41) is 7.31. The number of rotatable bonds is 20. The number of amides is 3. The number of hydrogen-bond donors (Lipinski definition) is 3. The van der Waals surface area contributed by atoms with Crippen molar-refractivity contribution in [2.75, 3.05) is 54.1 Å². The van der Waals surface area contributed by atoms with Crippen molar-refractivity contribution >= 4 is 35.6 Å². The van der Waals surface area contributed by atoms with Crippen molar-refractivity contribution in [3.05, 3.63) is 287 Å². The fourth-order valence-electron chi connectivity index (χ4n) is 14.2. The fraction of sp³-hybridized carbons (Fsp3) is 0.325. The zero-order chi connectivity index (χ0) is 66.2. The molecule has 3 amide bonds. The number of esters is 3. The molecule has 5 aliphatic rings. The summed E-state index contributed by atoms with van der Waals surface area (Å²) in [7, 11) is 4.12. The normalized spacial score (nSPS) is 22.4. The second-order valence-corrected chi connectivity index (χ2v) is 25.6. The minimum atomic E-state index is -0.623. The Kier molecular flexibility index (Phi) is 22.6. The number of ether oxygens (including phenoxy) is 3. The van der Waals surface area contributed by atoms with Crippen LogP contribution >= 0.6 is 0 Å². The lowest BCUT2D eigenvalue weighted by molar-refractivity contribution is -0.151. The summed E-state index contributed by atoms with van der Waals surface area (Å²) in [5.74, 6) is -0.372. The van der Waals surface area contributed by atoms with Crippen LogP contribution in [0.5, 0.6) is 0 Å². The molecule has 0 bridgehead atoms. The summed E-state index contributed by atoms with van der Waals surface area (Å²) in [5.41, 5.74) is 14.3. The molecule has 3 heterocycles. The Labute approximate surface area is 558 Å². The van der Waals surface area contributed by atoms with Gasteiger partial charge in [0, 0.05) is 37.8 Å². The first-order valence-electron chi connectivity index (χ1n) is 33.2. The van der Waals surface area contributed by atoms with E-state index < -0.39 is 41.8 Å². The molecular weight excluding hydrogens is 1190 g/mol. The Morgan fingerprint density at radius 3 is 0.863 bits per heavy atom. The summed E-state index contributed by atoms with van der Waals surface area (Å²) in [4.78, 5) is 83.9. The number of hydrogen-bond acceptors (Lipinski definition) is 12. The molecule has 15 nitrogen and oxygen atoms in total. The maximum Gasteiger partial charge on any atom is 0.328 e. The molecule has 3 saturated heterocycles. The van der Waals surface area contributed by atoms with Crippen LogP contribution in [0.4, 0.5) is 0 Å². The first-order chi connectivity index (χ1) is 46.4. The molecule has 15 heteroatoms. The van der Waals surface area contributed by atoms with Gasteiger partial charge in [-0.15, -0.1) is 0 Å². The number of likely N-dealkylation sites (tertiary alicyclic amines) is 3. The van der Waals surface area contributed by atoms with Crippen LogP contribution in [0.2, 0.25) is 0 Å². The Bertz CT molecular complexity index is 3480. The topological polar surface area (TPSA) is 190 Å². The van der Waals surface area contributed by atoms with Gasteiger partial charge in [0.25, 0.3) is 0 Å². The molecule has 13 rings (SSSR count). The van der Waals surface area contributed by atoms with Gasteiger partial charge in [0.15, 0.2) is 0 Å². The SMILES string of the molecule is COC(=O)[C@@H]1C[C@H](N)CN1C(=O)C(c1ccccc1)c1ccccc1.COC(=O)[C@@H]1C[C@H](NC[C@@H]2C[C@H]2c2ccccc2)CN1C(=O)C(c1ccccc1)c1ccccc1.COC(=O)[C@@H]1C[C@H](NC[C@H]2C[C@@H]2c2ccccc2)CN1C(=O)C(c1ccccc1)c1ccccc1. The average Bonchev–Trinajstić information content (AvgIpc) is 1.79. The number of benzene rings is 8. The summed E-state index contributed by atoms with van der Waals surface area (Å²) in [6.07, 6.45) is 3.91. The summed E-state index contributed by atoms with van der Waals surface area (Å²) >= 11 is 0. The number of methoxy groups -OCH3 is 3. The highest BCUT2D eigenvalue weighted by Gasteiger charge is 2.47. The van der Waals surface area contributed by atoms with Gasteiger partial charge < -0.3 is 45.3 Å². The van der Waals surface area contributed by atoms with Crippen molar-refractivity contribution in [1.29, 1.82) is 0 Å². The number of carbonyl (C=O) groups excluding carboxylic acids is 6. The number of nitrogens with one attached hydrogen (secondary N) is 2. The average molecular weight is 1280 g/mol. The lowest BCUT2D eigenvalue weighted by Crippen LogP contribution is -2.44. The van der Waals surface area contributed by atoms with Crippen LogP contribution in [-0.2, 0) is 43.0 Å². The van der Waals surface area contributed by atoms with Crippen molar-refractivity contribution < 1.29 is 43.0 Å².